The Morgan fingerprint density at radius 2 is 2.17 bits per heavy atom. The molecule has 1 heterocycles. The van der Waals surface area contributed by atoms with Gasteiger partial charge in [-0.3, -0.25) is 0 Å². The molecule has 1 unspecified atom stereocenters. The van der Waals surface area contributed by atoms with E-state index >= 15 is 0 Å². The van der Waals surface area contributed by atoms with Crippen LogP contribution in [0, 0.1) is 13.8 Å². The second-order valence-electron chi connectivity index (χ2n) is 4.23. The number of thiazole rings is 1. The van der Waals surface area contributed by atoms with Crippen LogP contribution in [0.15, 0.2) is 22.7 Å². The standard InChI is InChI=1S/C13H14BrClN2S/c1-7-8(2)18-13(17-7)6-12(16)9-3-4-11(15)10(14)5-9/h3-5,12H,6,16H2,1-2H3. The Kier molecular flexibility index (Phi) is 4.43. The number of benzene rings is 1. The van der Waals surface area contributed by atoms with E-state index in [4.69, 9.17) is 17.3 Å². The van der Waals surface area contributed by atoms with Gasteiger partial charge in [-0.05, 0) is 47.5 Å². The minimum Gasteiger partial charge on any atom is -0.324 e. The zero-order valence-electron chi connectivity index (χ0n) is 10.2. The molecule has 0 fully saturated rings. The van der Waals surface area contributed by atoms with Gasteiger partial charge in [0.15, 0.2) is 0 Å². The summed E-state index contributed by atoms with van der Waals surface area (Å²) in [4.78, 5) is 5.78. The summed E-state index contributed by atoms with van der Waals surface area (Å²) in [5, 5.41) is 1.79. The number of aromatic nitrogens is 1. The molecular formula is C13H14BrClN2S. The fraction of sp³-hybridized carbons (Fsp3) is 0.308. The van der Waals surface area contributed by atoms with E-state index < -0.39 is 0 Å². The molecule has 0 saturated carbocycles. The van der Waals surface area contributed by atoms with E-state index in [-0.39, 0.29) is 6.04 Å². The van der Waals surface area contributed by atoms with Crippen LogP contribution in [0.25, 0.3) is 0 Å². The van der Waals surface area contributed by atoms with Crippen LogP contribution < -0.4 is 5.73 Å². The minimum atomic E-state index is -0.0523. The molecule has 0 amide bonds. The number of aryl methyl sites for hydroxylation is 2. The normalized spacial score (nSPS) is 12.7. The van der Waals surface area contributed by atoms with Gasteiger partial charge in [0.05, 0.1) is 15.7 Å². The van der Waals surface area contributed by atoms with Gasteiger partial charge in [0.25, 0.3) is 0 Å². The van der Waals surface area contributed by atoms with Crippen molar-refractivity contribution in [2.45, 2.75) is 26.3 Å². The van der Waals surface area contributed by atoms with Gasteiger partial charge in [0.2, 0.25) is 0 Å². The summed E-state index contributed by atoms with van der Waals surface area (Å²) in [5.74, 6) is 0. The molecule has 18 heavy (non-hydrogen) atoms. The van der Waals surface area contributed by atoms with E-state index in [1.807, 2.05) is 25.1 Å². The molecule has 1 aromatic heterocycles. The molecule has 0 aliphatic carbocycles. The van der Waals surface area contributed by atoms with Crippen molar-refractivity contribution in [1.29, 1.82) is 0 Å². The van der Waals surface area contributed by atoms with Crippen LogP contribution in [0.4, 0.5) is 0 Å². The first kappa shape index (κ1) is 14.0. The highest BCUT2D eigenvalue weighted by Crippen LogP contribution is 2.27. The highest BCUT2D eigenvalue weighted by Gasteiger charge is 2.12. The lowest BCUT2D eigenvalue weighted by atomic mass is 10.1. The Morgan fingerprint density at radius 1 is 1.44 bits per heavy atom. The lowest BCUT2D eigenvalue weighted by Crippen LogP contribution is -2.13. The van der Waals surface area contributed by atoms with Gasteiger partial charge in [-0.2, -0.15) is 0 Å². The summed E-state index contributed by atoms with van der Waals surface area (Å²) in [6.45, 7) is 4.11. The summed E-state index contributed by atoms with van der Waals surface area (Å²) in [5.41, 5.74) is 8.37. The first-order valence-electron chi connectivity index (χ1n) is 5.61. The van der Waals surface area contributed by atoms with E-state index in [2.05, 4.69) is 27.8 Å². The second-order valence-corrected chi connectivity index (χ2v) is 6.78. The number of halogens is 2. The highest BCUT2D eigenvalue weighted by molar-refractivity contribution is 9.10. The summed E-state index contributed by atoms with van der Waals surface area (Å²) >= 11 is 11.1. The average molecular weight is 346 g/mol. The predicted molar refractivity (Wildman–Crippen MR) is 81.4 cm³/mol. The lowest BCUT2D eigenvalue weighted by Gasteiger charge is -2.11. The molecule has 2 N–H and O–H groups in total. The van der Waals surface area contributed by atoms with Crippen LogP contribution in [0.1, 0.15) is 27.2 Å². The zero-order chi connectivity index (χ0) is 13.3. The number of hydrogen-bond donors (Lipinski definition) is 1. The van der Waals surface area contributed by atoms with Crippen LogP contribution in [-0.4, -0.2) is 4.98 Å². The largest absolute Gasteiger partial charge is 0.324 e. The Balaban J connectivity index is 2.16. The van der Waals surface area contributed by atoms with Crippen LogP contribution in [-0.2, 0) is 6.42 Å². The van der Waals surface area contributed by atoms with Crippen molar-refractivity contribution in [3.8, 4) is 0 Å². The number of nitrogens with two attached hydrogens (primary N) is 1. The van der Waals surface area contributed by atoms with Gasteiger partial charge >= 0.3 is 0 Å². The van der Waals surface area contributed by atoms with Crippen molar-refractivity contribution in [3.05, 3.63) is 48.8 Å². The van der Waals surface area contributed by atoms with Crippen LogP contribution in [0.2, 0.25) is 5.02 Å². The average Bonchev–Trinajstić information content (AvgIpc) is 2.61. The molecule has 5 heteroatoms. The first-order valence-corrected chi connectivity index (χ1v) is 7.59. The molecule has 0 aliphatic heterocycles. The molecule has 0 spiro atoms. The van der Waals surface area contributed by atoms with Gasteiger partial charge in [-0.15, -0.1) is 11.3 Å². The fourth-order valence-corrected chi connectivity index (χ4v) is 3.18. The molecule has 1 aromatic carbocycles. The van der Waals surface area contributed by atoms with E-state index in [1.54, 1.807) is 11.3 Å². The van der Waals surface area contributed by atoms with Crippen LogP contribution in [0.3, 0.4) is 0 Å². The van der Waals surface area contributed by atoms with Crippen molar-refractivity contribution in [1.82, 2.24) is 4.98 Å². The Hall–Kier alpha value is -0.420. The Bertz CT molecular complexity index is 549. The molecule has 0 bridgehead atoms. The summed E-state index contributed by atoms with van der Waals surface area (Å²) in [6, 6.07) is 5.74. The number of hydrogen-bond acceptors (Lipinski definition) is 3. The third-order valence-electron chi connectivity index (χ3n) is 2.84. The number of rotatable bonds is 3. The molecule has 96 valence electrons. The van der Waals surface area contributed by atoms with E-state index in [0.717, 1.165) is 27.2 Å². The fourth-order valence-electron chi connectivity index (χ4n) is 1.68. The number of nitrogens with zero attached hydrogens (tertiary/aromatic N) is 1. The second kappa shape index (κ2) is 5.70. The summed E-state index contributed by atoms with van der Waals surface area (Å²) in [6.07, 6.45) is 0.757. The predicted octanol–water partition coefficient (Wildman–Crippen LogP) is 4.42. The molecule has 0 aliphatic rings. The van der Waals surface area contributed by atoms with Crippen molar-refractivity contribution in [2.24, 2.45) is 5.73 Å². The van der Waals surface area contributed by atoms with Crippen LogP contribution >= 0.6 is 38.9 Å². The summed E-state index contributed by atoms with van der Waals surface area (Å²) < 4.78 is 0.878. The van der Waals surface area contributed by atoms with Gasteiger partial charge < -0.3 is 5.73 Å². The van der Waals surface area contributed by atoms with E-state index in [0.29, 0.717) is 5.02 Å². The van der Waals surface area contributed by atoms with Gasteiger partial charge in [0, 0.05) is 21.8 Å². The van der Waals surface area contributed by atoms with Crippen molar-refractivity contribution >= 4 is 38.9 Å². The monoisotopic (exact) mass is 344 g/mol. The Labute approximate surface area is 124 Å². The molecule has 2 nitrogen and oxygen atoms in total. The third kappa shape index (κ3) is 3.12. The molecule has 2 rings (SSSR count). The Morgan fingerprint density at radius 3 is 2.72 bits per heavy atom. The first-order chi connectivity index (χ1) is 8.47. The van der Waals surface area contributed by atoms with Gasteiger partial charge in [-0.25, -0.2) is 4.98 Å². The highest BCUT2D eigenvalue weighted by atomic mass is 79.9. The quantitative estimate of drug-likeness (QED) is 0.894. The smallest absolute Gasteiger partial charge is 0.0949 e. The lowest BCUT2D eigenvalue weighted by molar-refractivity contribution is 0.716. The molecule has 0 radical (unpaired) electrons. The molecular weight excluding hydrogens is 332 g/mol. The van der Waals surface area contributed by atoms with E-state index in [1.165, 1.54) is 4.88 Å². The summed E-state index contributed by atoms with van der Waals surface area (Å²) in [7, 11) is 0. The van der Waals surface area contributed by atoms with Gasteiger partial charge in [0.1, 0.15) is 0 Å². The maximum absolute atomic E-state index is 6.21. The van der Waals surface area contributed by atoms with Gasteiger partial charge in [-0.1, -0.05) is 17.7 Å². The SMILES string of the molecule is Cc1nc(CC(N)c2ccc(Cl)c(Br)c2)sc1C. The van der Waals surface area contributed by atoms with Crippen LogP contribution in [0.5, 0.6) is 0 Å². The maximum atomic E-state index is 6.21. The molecule has 0 saturated heterocycles. The molecule has 1 atom stereocenters. The van der Waals surface area contributed by atoms with Crippen molar-refractivity contribution in [2.75, 3.05) is 0 Å². The third-order valence-corrected chi connectivity index (χ3v) is 5.15. The zero-order valence-corrected chi connectivity index (χ0v) is 13.4. The molecule has 2 aromatic rings. The topological polar surface area (TPSA) is 38.9 Å². The van der Waals surface area contributed by atoms with Crippen molar-refractivity contribution < 1.29 is 0 Å². The minimum absolute atomic E-state index is 0.0523. The van der Waals surface area contributed by atoms with Crippen molar-refractivity contribution in [3.63, 3.8) is 0 Å². The maximum Gasteiger partial charge on any atom is 0.0949 e. The van der Waals surface area contributed by atoms with E-state index in [9.17, 15) is 0 Å².